The van der Waals surface area contributed by atoms with Crippen LogP contribution in [0.3, 0.4) is 0 Å². The number of hydrogen-bond donors (Lipinski definition) is 3. The largest absolute Gasteiger partial charge is 0.495 e. The number of quaternary nitrogens is 1. The van der Waals surface area contributed by atoms with Gasteiger partial charge in [0.1, 0.15) is 5.75 Å². The summed E-state index contributed by atoms with van der Waals surface area (Å²) in [6, 6.07) is 10.9. The van der Waals surface area contributed by atoms with E-state index in [4.69, 9.17) is 16.3 Å². The molecule has 0 heterocycles. The molecule has 0 aromatic heterocycles. The number of methoxy groups -OCH3 is 1. The molecule has 0 aliphatic heterocycles. The smallest absolute Gasteiger partial charge is 0.279 e. The topological polar surface area (TPSA) is 71.9 Å². The first-order chi connectivity index (χ1) is 13.3. The molecule has 0 bridgehead atoms. The highest BCUT2D eigenvalue weighted by molar-refractivity contribution is 6.31. The summed E-state index contributed by atoms with van der Waals surface area (Å²) >= 11 is 6.00. The van der Waals surface area contributed by atoms with E-state index in [1.807, 2.05) is 45.0 Å². The summed E-state index contributed by atoms with van der Waals surface area (Å²) in [6.45, 7) is 6.78. The molecule has 0 saturated heterocycles. The van der Waals surface area contributed by atoms with E-state index >= 15 is 0 Å². The number of likely N-dealkylation sites (N-methyl/N-ethyl adjacent to an activating group) is 1. The second-order valence-corrected chi connectivity index (χ2v) is 7.15. The van der Waals surface area contributed by atoms with Crippen molar-refractivity contribution in [3.8, 4) is 5.75 Å². The van der Waals surface area contributed by atoms with Gasteiger partial charge in [-0.05, 0) is 56.2 Å². The Hall–Kier alpha value is -2.57. The maximum atomic E-state index is 12.5. The first-order valence-electron chi connectivity index (χ1n) is 9.16. The molecule has 0 aliphatic carbocycles. The Labute approximate surface area is 170 Å². The maximum absolute atomic E-state index is 12.5. The number of halogens is 1. The fourth-order valence-electron chi connectivity index (χ4n) is 2.80. The number of hydrogen-bond acceptors (Lipinski definition) is 3. The second kappa shape index (κ2) is 10.1. The Bertz CT molecular complexity index is 855. The van der Waals surface area contributed by atoms with Crippen LogP contribution in [-0.2, 0) is 9.59 Å². The van der Waals surface area contributed by atoms with Gasteiger partial charge in [-0.25, -0.2) is 0 Å². The summed E-state index contributed by atoms with van der Waals surface area (Å²) in [7, 11) is 1.56. The van der Waals surface area contributed by atoms with Gasteiger partial charge in [-0.2, -0.15) is 0 Å². The molecule has 28 heavy (non-hydrogen) atoms. The van der Waals surface area contributed by atoms with E-state index in [9.17, 15) is 9.59 Å². The van der Waals surface area contributed by atoms with E-state index in [0.29, 0.717) is 28.7 Å². The lowest BCUT2D eigenvalue weighted by atomic mass is 10.2. The number of benzene rings is 2. The number of carbonyl (C=O) groups excluding carboxylic acids is 2. The molecule has 0 radical (unpaired) electrons. The Balaban J connectivity index is 1.96. The molecular weight excluding hydrogens is 378 g/mol. The molecule has 1 atom stereocenters. The maximum Gasteiger partial charge on any atom is 0.279 e. The Morgan fingerprint density at radius 1 is 1.00 bits per heavy atom. The summed E-state index contributed by atoms with van der Waals surface area (Å²) in [4.78, 5) is 25.7. The second-order valence-electron chi connectivity index (χ2n) is 6.72. The van der Waals surface area contributed by atoms with Crippen LogP contribution in [0.1, 0.15) is 18.1 Å². The molecule has 7 heteroatoms. The van der Waals surface area contributed by atoms with Gasteiger partial charge < -0.3 is 20.3 Å². The zero-order valence-electron chi connectivity index (χ0n) is 16.7. The van der Waals surface area contributed by atoms with E-state index in [0.717, 1.165) is 16.0 Å². The van der Waals surface area contributed by atoms with Gasteiger partial charge in [0.25, 0.3) is 11.8 Å². The number of aryl methyl sites for hydroxylation is 2. The van der Waals surface area contributed by atoms with Crippen molar-refractivity contribution in [2.24, 2.45) is 0 Å². The third kappa shape index (κ3) is 6.25. The van der Waals surface area contributed by atoms with Crippen LogP contribution in [0.5, 0.6) is 5.75 Å². The molecule has 2 aromatic carbocycles. The molecule has 2 aromatic rings. The fraction of sp³-hybridized carbons (Fsp3) is 0.333. The molecule has 3 N–H and O–H groups in total. The summed E-state index contributed by atoms with van der Waals surface area (Å²) in [6.07, 6.45) is 0. The van der Waals surface area contributed by atoms with Crippen LogP contribution in [0.4, 0.5) is 11.4 Å². The van der Waals surface area contributed by atoms with Crippen molar-refractivity contribution >= 4 is 34.8 Å². The van der Waals surface area contributed by atoms with Gasteiger partial charge in [-0.15, -0.1) is 0 Å². The number of ether oxygens (including phenoxy) is 1. The molecule has 6 nitrogen and oxygen atoms in total. The van der Waals surface area contributed by atoms with Crippen LogP contribution in [0.25, 0.3) is 0 Å². The summed E-state index contributed by atoms with van der Waals surface area (Å²) < 4.78 is 5.29. The minimum atomic E-state index is -0.174. The van der Waals surface area contributed by atoms with Gasteiger partial charge in [0.15, 0.2) is 13.1 Å². The molecule has 0 spiro atoms. The van der Waals surface area contributed by atoms with Crippen LogP contribution in [-0.4, -0.2) is 38.6 Å². The average Bonchev–Trinajstić information content (AvgIpc) is 2.64. The van der Waals surface area contributed by atoms with Crippen molar-refractivity contribution in [3.05, 3.63) is 52.5 Å². The van der Waals surface area contributed by atoms with E-state index in [1.165, 1.54) is 0 Å². The van der Waals surface area contributed by atoms with E-state index in [-0.39, 0.29) is 24.9 Å². The molecule has 2 rings (SSSR count). The highest BCUT2D eigenvalue weighted by atomic mass is 35.5. The SMILES string of the molecule is CC[NH+](CC(=O)Nc1cc(Cl)ccc1C)CC(=O)Nc1cc(C)ccc1OC. The van der Waals surface area contributed by atoms with Crippen LogP contribution in [0, 0.1) is 13.8 Å². The van der Waals surface area contributed by atoms with Crippen LogP contribution in [0.2, 0.25) is 5.02 Å². The molecule has 150 valence electrons. The standard InChI is InChI=1S/C21H26ClN3O3/c1-5-25(12-20(26)23-17-11-16(22)8-7-15(17)3)13-21(27)24-18-10-14(2)6-9-19(18)28-4/h6-11H,5,12-13H2,1-4H3,(H,23,26)(H,24,27)/p+1. The predicted octanol–water partition coefficient (Wildman–Crippen LogP) is 2.45. The molecule has 2 amide bonds. The van der Waals surface area contributed by atoms with Crippen molar-refractivity contribution < 1.29 is 19.2 Å². The lowest BCUT2D eigenvalue weighted by molar-refractivity contribution is -0.881. The predicted molar refractivity (Wildman–Crippen MR) is 112 cm³/mol. The van der Waals surface area contributed by atoms with Gasteiger partial charge in [0, 0.05) is 10.7 Å². The minimum Gasteiger partial charge on any atom is -0.495 e. The van der Waals surface area contributed by atoms with Crippen molar-refractivity contribution in [2.45, 2.75) is 20.8 Å². The summed E-state index contributed by atoms with van der Waals surface area (Å²) in [5, 5.41) is 6.30. The zero-order valence-corrected chi connectivity index (χ0v) is 17.4. The number of nitrogens with one attached hydrogen (secondary N) is 3. The minimum absolute atomic E-state index is 0.164. The number of anilines is 2. The van der Waals surface area contributed by atoms with Gasteiger partial charge in [0.2, 0.25) is 0 Å². The monoisotopic (exact) mass is 404 g/mol. The molecule has 1 unspecified atom stereocenters. The highest BCUT2D eigenvalue weighted by Gasteiger charge is 2.18. The Kier molecular flexibility index (Phi) is 7.84. The van der Waals surface area contributed by atoms with E-state index in [1.54, 1.807) is 19.2 Å². The molecule has 0 fully saturated rings. The molecular formula is C21H27ClN3O3+. The van der Waals surface area contributed by atoms with Gasteiger partial charge >= 0.3 is 0 Å². The lowest BCUT2D eigenvalue weighted by Gasteiger charge is -2.18. The summed E-state index contributed by atoms with van der Waals surface area (Å²) in [5.74, 6) is 0.266. The van der Waals surface area contributed by atoms with Crippen molar-refractivity contribution in [1.29, 1.82) is 0 Å². The van der Waals surface area contributed by atoms with Gasteiger partial charge in [-0.3, -0.25) is 9.59 Å². The highest BCUT2D eigenvalue weighted by Crippen LogP contribution is 2.24. The van der Waals surface area contributed by atoms with Crippen LogP contribution < -0.4 is 20.3 Å². The van der Waals surface area contributed by atoms with Crippen molar-refractivity contribution in [3.63, 3.8) is 0 Å². The van der Waals surface area contributed by atoms with Gasteiger partial charge in [0.05, 0.1) is 19.3 Å². The Morgan fingerprint density at radius 3 is 2.25 bits per heavy atom. The number of amides is 2. The van der Waals surface area contributed by atoms with Crippen molar-refractivity contribution in [1.82, 2.24) is 0 Å². The van der Waals surface area contributed by atoms with E-state index < -0.39 is 0 Å². The van der Waals surface area contributed by atoms with E-state index in [2.05, 4.69) is 10.6 Å². The lowest BCUT2D eigenvalue weighted by Crippen LogP contribution is -3.13. The first kappa shape index (κ1) is 21.7. The first-order valence-corrected chi connectivity index (χ1v) is 9.54. The molecule has 0 aliphatic rings. The average molecular weight is 405 g/mol. The van der Waals surface area contributed by atoms with Crippen molar-refractivity contribution in [2.75, 3.05) is 37.4 Å². The quantitative estimate of drug-likeness (QED) is 0.632. The fourth-order valence-corrected chi connectivity index (χ4v) is 2.98. The third-order valence-electron chi connectivity index (χ3n) is 4.42. The number of carbonyl (C=O) groups is 2. The van der Waals surface area contributed by atoms with Gasteiger partial charge in [-0.1, -0.05) is 23.7 Å². The number of rotatable bonds is 8. The van der Waals surface area contributed by atoms with Crippen LogP contribution in [0.15, 0.2) is 36.4 Å². The normalized spacial score (nSPS) is 11.6. The summed E-state index contributed by atoms with van der Waals surface area (Å²) in [5.41, 5.74) is 3.26. The zero-order chi connectivity index (χ0) is 20.7. The third-order valence-corrected chi connectivity index (χ3v) is 4.66. The van der Waals surface area contributed by atoms with Crippen LogP contribution >= 0.6 is 11.6 Å². The Morgan fingerprint density at radius 2 is 1.64 bits per heavy atom. The molecule has 0 saturated carbocycles.